The van der Waals surface area contributed by atoms with E-state index in [9.17, 15) is 4.39 Å². The van der Waals surface area contributed by atoms with Crippen LogP contribution in [0, 0.1) is 17.7 Å². The number of hydrogen-bond donors (Lipinski definition) is 1. The van der Waals surface area contributed by atoms with Crippen molar-refractivity contribution in [3.63, 3.8) is 0 Å². The Kier molecular flexibility index (Phi) is 6.51. The van der Waals surface area contributed by atoms with Gasteiger partial charge in [-0.05, 0) is 37.7 Å². The molecule has 1 N–H and O–H groups in total. The van der Waals surface area contributed by atoms with E-state index >= 15 is 0 Å². The fraction of sp³-hybridized carbons (Fsp3) is 0.467. The maximum atomic E-state index is 13.5. The zero-order valence-corrected chi connectivity index (χ0v) is 11.6. The summed E-state index contributed by atoms with van der Waals surface area (Å²) in [5.74, 6) is 4.93. The van der Waals surface area contributed by atoms with Crippen molar-refractivity contribution in [2.24, 2.45) is 0 Å². The number of hydrogen-bond acceptors (Lipinski definition) is 3. The first-order valence-corrected chi connectivity index (χ1v) is 6.15. The molecule has 0 spiro atoms. The number of halogens is 1. The molecule has 3 nitrogen and oxygen atoms in total. The zero-order chi connectivity index (χ0) is 14.3. The Hall–Kier alpha value is -1.41. The fourth-order valence-corrected chi connectivity index (χ4v) is 1.77. The van der Waals surface area contributed by atoms with Crippen molar-refractivity contribution in [1.82, 2.24) is 4.90 Å². The van der Waals surface area contributed by atoms with E-state index < -0.39 is 0 Å². The maximum Gasteiger partial charge on any atom is 0.124 e. The zero-order valence-electron chi connectivity index (χ0n) is 11.6. The number of aliphatic hydroxyl groups is 1. The molecule has 0 aliphatic rings. The average molecular weight is 265 g/mol. The van der Waals surface area contributed by atoms with Gasteiger partial charge in [0, 0.05) is 25.3 Å². The van der Waals surface area contributed by atoms with Gasteiger partial charge < -0.3 is 9.84 Å². The largest absolute Gasteiger partial charge is 0.384 e. The summed E-state index contributed by atoms with van der Waals surface area (Å²) in [6.45, 7) is 3.07. The number of aliphatic hydroxyl groups excluding tert-OH is 1. The van der Waals surface area contributed by atoms with Gasteiger partial charge in [0.15, 0.2) is 0 Å². The lowest BCUT2D eigenvalue weighted by atomic mass is 10.1. The lowest BCUT2D eigenvalue weighted by molar-refractivity contribution is 0.112. The van der Waals surface area contributed by atoms with Crippen molar-refractivity contribution >= 4 is 0 Å². The Balaban J connectivity index is 2.80. The van der Waals surface area contributed by atoms with Crippen LogP contribution >= 0.6 is 0 Å². The number of benzene rings is 1. The monoisotopic (exact) mass is 265 g/mol. The molecule has 1 unspecified atom stereocenters. The van der Waals surface area contributed by atoms with Crippen LogP contribution in [0.15, 0.2) is 18.2 Å². The molecule has 1 rings (SSSR count). The van der Waals surface area contributed by atoms with Gasteiger partial charge in [-0.25, -0.2) is 4.39 Å². The van der Waals surface area contributed by atoms with Gasteiger partial charge in [0.05, 0.1) is 6.61 Å². The van der Waals surface area contributed by atoms with Crippen molar-refractivity contribution < 1.29 is 14.2 Å². The summed E-state index contributed by atoms with van der Waals surface area (Å²) in [6.07, 6.45) is 0. The van der Waals surface area contributed by atoms with Crippen LogP contribution in [0.5, 0.6) is 0 Å². The average Bonchev–Trinajstić information content (AvgIpc) is 2.36. The van der Waals surface area contributed by atoms with Gasteiger partial charge in [0.25, 0.3) is 0 Å². The van der Waals surface area contributed by atoms with Gasteiger partial charge in [-0.15, -0.1) is 0 Å². The van der Waals surface area contributed by atoms with Crippen molar-refractivity contribution in [2.45, 2.75) is 19.5 Å². The van der Waals surface area contributed by atoms with Crippen molar-refractivity contribution in [3.05, 3.63) is 35.1 Å². The summed E-state index contributed by atoms with van der Waals surface area (Å²) in [5.41, 5.74) is 1.43. The highest BCUT2D eigenvalue weighted by Crippen LogP contribution is 2.12. The maximum absolute atomic E-state index is 13.5. The quantitative estimate of drug-likeness (QED) is 0.822. The van der Waals surface area contributed by atoms with Crippen molar-refractivity contribution in [2.75, 3.05) is 27.4 Å². The van der Waals surface area contributed by atoms with Crippen LogP contribution in [0.3, 0.4) is 0 Å². The second kappa shape index (κ2) is 7.90. The topological polar surface area (TPSA) is 32.7 Å². The van der Waals surface area contributed by atoms with E-state index in [-0.39, 0.29) is 18.5 Å². The minimum atomic E-state index is -0.312. The van der Waals surface area contributed by atoms with Crippen LogP contribution in [-0.4, -0.2) is 43.4 Å². The van der Waals surface area contributed by atoms with E-state index in [0.29, 0.717) is 18.7 Å². The molecule has 1 aromatic rings. The van der Waals surface area contributed by atoms with Crippen LogP contribution < -0.4 is 0 Å². The fourth-order valence-electron chi connectivity index (χ4n) is 1.77. The Morgan fingerprint density at radius 3 is 2.79 bits per heavy atom. The summed E-state index contributed by atoms with van der Waals surface area (Å²) in [7, 11) is 3.63. The normalized spacial score (nSPS) is 12.1. The first-order valence-electron chi connectivity index (χ1n) is 6.15. The molecule has 0 heterocycles. The smallest absolute Gasteiger partial charge is 0.124 e. The van der Waals surface area contributed by atoms with Crippen LogP contribution in [0.2, 0.25) is 0 Å². The first-order chi connectivity index (χ1) is 9.06. The SMILES string of the molecule is COCC(C)N(C)Cc1cc(F)cc(C#CCO)c1. The molecule has 0 aromatic heterocycles. The summed E-state index contributed by atoms with van der Waals surface area (Å²) < 4.78 is 18.6. The van der Waals surface area contributed by atoms with Crippen LogP contribution in [0.1, 0.15) is 18.1 Å². The van der Waals surface area contributed by atoms with Gasteiger partial charge in [0.2, 0.25) is 0 Å². The van der Waals surface area contributed by atoms with Gasteiger partial charge in [-0.1, -0.05) is 11.8 Å². The number of nitrogens with zero attached hydrogens (tertiary/aromatic N) is 1. The highest BCUT2D eigenvalue weighted by atomic mass is 19.1. The molecule has 0 fully saturated rings. The van der Waals surface area contributed by atoms with E-state index in [1.54, 1.807) is 7.11 Å². The van der Waals surface area contributed by atoms with E-state index in [1.807, 2.05) is 13.1 Å². The third-order valence-electron chi connectivity index (χ3n) is 2.86. The molecule has 1 atom stereocenters. The Morgan fingerprint density at radius 1 is 1.42 bits per heavy atom. The molecule has 0 aliphatic heterocycles. The summed E-state index contributed by atoms with van der Waals surface area (Å²) in [4.78, 5) is 2.08. The lowest BCUT2D eigenvalue weighted by Gasteiger charge is -2.24. The van der Waals surface area contributed by atoms with Crippen LogP contribution in [0.4, 0.5) is 4.39 Å². The minimum Gasteiger partial charge on any atom is -0.384 e. The molecular weight excluding hydrogens is 245 g/mol. The third-order valence-corrected chi connectivity index (χ3v) is 2.86. The minimum absolute atomic E-state index is 0.226. The first kappa shape index (κ1) is 15.6. The molecule has 4 heteroatoms. The molecule has 0 aliphatic carbocycles. The predicted molar refractivity (Wildman–Crippen MR) is 73.2 cm³/mol. The van der Waals surface area contributed by atoms with Crippen molar-refractivity contribution in [3.8, 4) is 11.8 Å². The molecule has 19 heavy (non-hydrogen) atoms. The summed E-state index contributed by atoms with van der Waals surface area (Å²) >= 11 is 0. The molecular formula is C15H20FNO2. The Bertz CT molecular complexity index is 465. The van der Waals surface area contributed by atoms with Gasteiger partial charge in [-0.3, -0.25) is 4.90 Å². The lowest BCUT2D eigenvalue weighted by Crippen LogP contribution is -2.32. The van der Waals surface area contributed by atoms with E-state index in [4.69, 9.17) is 9.84 Å². The summed E-state index contributed by atoms with van der Waals surface area (Å²) in [6, 6.07) is 4.95. The number of methoxy groups -OCH3 is 1. The molecule has 1 aromatic carbocycles. The van der Waals surface area contributed by atoms with Crippen molar-refractivity contribution in [1.29, 1.82) is 0 Å². The number of likely N-dealkylation sites (N-methyl/N-ethyl adjacent to an activating group) is 1. The van der Waals surface area contributed by atoms with Gasteiger partial charge in [-0.2, -0.15) is 0 Å². The molecule has 104 valence electrons. The van der Waals surface area contributed by atoms with Crippen LogP contribution in [0.25, 0.3) is 0 Å². The molecule has 0 saturated heterocycles. The Labute approximate surface area is 114 Å². The van der Waals surface area contributed by atoms with E-state index in [0.717, 1.165) is 5.56 Å². The van der Waals surface area contributed by atoms with E-state index in [2.05, 4.69) is 23.7 Å². The second-order valence-electron chi connectivity index (χ2n) is 4.53. The predicted octanol–water partition coefficient (Wildman–Crippen LogP) is 1.64. The highest BCUT2D eigenvalue weighted by Gasteiger charge is 2.10. The molecule has 0 radical (unpaired) electrons. The van der Waals surface area contributed by atoms with E-state index in [1.165, 1.54) is 12.1 Å². The Morgan fingerprint density at radius 2 is 2.16 bits per heavy atom. The van der Waals surface area contributed by atoms with Gasteiger partial charge in [0.1, 0.15) is 12.4 Å². The molecule has 0 bridgehead atoms. The molecule has 0 saturated carbocycles. The van der Waals surface area contributed by atoms with Crippen LogP contribution in [-0.2, 0) is 11.3 Å². The molecule has 0 amide bonds. The second-order valence-corrected chi connectivity index (χ2v) is 4.53. The standard InChI is InChI=1S/C15H20FNO2/c1-12(11-19-3)17(2)10-14-7-13(5-4-6-18)8-15(16)9-14/h7-9,12,18H,6,10-11H2,1-3H3. The number of ether oxygens (including phenoxy) is 1. The third kappa shape index (κ3) is 5.39. The highest BCUT2D eigenvalue weighted by molar-refractivity contribution is 5.37. The van der Waals surface area contributed by atoms with Gasteiger partial charge >= 0.3 is 0 Å². The summed E-state index contributed by atoms with van der Waals surface area (Å²) in [5, 5.41) is 8.65. The number of rotatable bonds is 5.